The highest BCUT2D eigenvalue weighted by molar-refractivity contribution is 5.78. The highest BCUT2D eigenvalue weighted by Gasteiger charge is 2.33. The summed E-state index contributed by atoms with van der Waals surface area (Å²) in [4.78, 5) is 23.1. The molecule has 2 aromatic heterocycles. The van der Waals surface area contributed by atoms with Gasteiger partial charge in [0.1, 0.15) is 11.5 Å². The van der Waals surface area contributed by atoms with Crippen molar-refractivity contribution in [3.05, 3.63) is 53.4 Å². The lowest BCUT2D eigenvalue weighted by atomic mass is 10.2. The largest absolute Gasteiger partial charge is 0.433 e. The number of carbonyl (C=O) groups excluding carboxylic acids is 1. The maximum atomic E-state index is 12.7. The molecule has 2 rings (SSSR count). The van der Waals surface area contributed by atoms with Gasteiger partial charge in [-0.25, -0.2) is 9.97 Å². The van der Waals surface area contributed by atoms with Gasteiger partial charge in [-0.05, 0) is 24.6 Å². The van der Waals surface area contributed by atoms with Crippen molar-refractivity contribution in [2.45, 2.75) is 25.9 Å². The summed E-state index contributed by atoms with van der Waals surface area (Å²) in [6, 6.07) is 4.39. The van der Waals surface area contributed by atoms with Crippen molar-refractivity contribution in [3.63, 3.8) is 0 Å². The van der Waals surface area contributed by atoms with E-state index in [2.05, 4.69) is 20.3 Å². The van der Waals surface area contributed by atoms with E-state index in [0.29, 0.717) is 0 Å². The molecule has 23 heavy (non-hydrogen) atoms. The molecule has 2 aromatic rings. The topological polar surface area (TPSA) is 67.8 Å². The van der Waals surface area contributed by atoms with Gasteiger partial charge in [0.05, 0.1) is 6.42 Å². The van der Waals surface area contributed by atoms with Crippen molar-refractivity contribution < 1.29 is 18.0 Å². The summed E-state index contributed by atoms with van der Waals surface area (Å²) < 4.78 is 38.0. The Morgan fingerprint density at radius 3 is 2.74 bits per heavy atom. The first-order chi connectivity index (χ1) is 10.8. The Bertz CT molecular complexity index is 674. The first-order valence-corrected chi connectivity index (χ1v) is 6.92. The fraction of sp³-hybridized carbons (Fsp3) is 0.333. The Kier molecular flexibility index (Phi) is 5.25. The van der Waals surface area contributed by atoms with Crippen LogP contribution in [0.4, 0.5) is 13.2 Å². The summed E-state index contributed by atoms with van der Waals surface area (Å²) in [5, 5.41) is 2.63. The van der Waals surface area contributed by atoms with E-state index in [1.54, 1.807) is 24.5 Å². The van der Waals surface area contributed by atoms with Crippen LogP contribution in [0.2, 0.25) is 0 Å². The Hall–Kier alpha value is -2.51. The van der Waals surface area contributed by atoms with Gasteiger partial charge in [0.25, 0.3) is 0 Å². The zero-order valence-corrected chi connectivity index (χ0v) is 12.4. The van der Waals surface area contributed by atoms with E-state index in [1.165, 1.54) is 6.92 Å². The molecule has 0 aliphatic heterocycles. The van der Waals surface area contributed by atoms with Crippen molar-refractivity contribution in [3.8, 4) is 0 Å². The summed E-state index contributed by atoms with van der Waals surface area (Å²) in [5.41, 5.74) is 0.0295. The third-order valence-corrected chi connectivity index (χ3v) is 2.95. The van der Waals surface area contributed by atoms with Crippen LogP contribution in [0.1, 0.15) is 22.8 Å². The average molecular weight is 324 g/mol. The van der Waals surface area contributed by atoms with Gasteiger partial charge in [-0.3, -0.25) is 9.78 Å². The zero-order valence-electron chi connectivity index (χ0n) is 12.4. The number of halogens is 3. The predicted molar refractivity (Wildman–Crippen MR) is 76.4 cm³/mol. The summed E-state index contributed by atoms with van der Waals surface area (Å²) >= 11 is 0. The number of nitrogens with one attached hydrogen (secondary N) is 1. The molecule has 0 bridgehead atoms. The van der Waals surface area contributed by atoms with E-state index >= 15 is 0 Å². The Morgan fingerprint density at radius 2 is 2.09 bits per heavy atom. The Labute approximate surface area is 131 Å². The van der Waals surface area contributed by atoms with Gasteiger partial charge < -0.3 is 5.32 Å². The third-order valence-electron chi connectivity index (χ3n) is 2.95. The monoisotopic (exact) mass is 324 g/mol. The maximum Gasteiger partial charge on any atom is 0.433 e. The van der Waals surface area contributed by atoms with Gasteiger partial charge in [0, 0.05) is 31.1 Å². The average Bonchev–Trinajstić information content (AvgIpc) is 2.47. The molecule has 0 spiro atoms. The van der Waals surface area contributed by atoms with Crippen molar-refractivity contribution in [2.24, 2.45) is 0 Å². The van der Waals surface area contributed by atoms with Crippen molar-refractivity contribution >= 4 is 5.91 Å². The molecule has 0 atom stereocenters. The molecule has 0 radical (unpaired) electrons. The van der Waals surface area contributed by atoms with Gasteiger partial charge in [0.15, 0.2) is 0 Å². The van der Waals surface area contributed by atoms with Crippen LogP contribution in [0.5, 0.6) is 0 Å². The van der Waals surface area contributed by atoms with Crippen LogP contribution >= 0.6 is 0 Å². The number of aromatic nitrogens is 3. The normalized spacial score (nSPS) is 11.3. The quantitative estimate of drug-likeness (QED) is 0.914. The van der Waals surface area contributed by atoms with Crippen molar-refractivity contribution in [2.75, 3.05) is 6.54 Å². The van der Waals surface area contributed by atoms with Gasteiger partial charge in [0.2, 0.25) is 5.91 Å². The SMILES string of the molecule is Cc1cc(C(F)(F)F)nc(CCNC(=O)Cc2cccnc2)n1. The lowest BCUT2D eigenvalue weighted by molar-refractivity contribution is -0.141. The number of alkyl halides is 3. The van der Waals surface area contributed by atoms with E-state index < -0.39 is 11.9 Å². The molecule has 0 unspecified atom stereocenters. The highest BCUT2D eigenvalue weighted by Crippen LogP contribution is 2.27. The molecule has 122 valence electrons. The van der Waals surface area contributed by atoms with Crippen LogP contribution in [-0.2, 0) is 23.8 Å². The van der Waals surface area contributed by atoms with E-state index in [1.807, 2.05) is 0 Å². The minimum Gasteiger partial charge on any atom is -0.355 e. The number of aryl methyl sites for hydroxylation is 1. The molecule has 8 heteroatoms. The van der Waals surface area contributed by atoms with Crippen LogP contribution in [0.25, 0.3) is 0 Å². The minimum absolute atomic E-state index is 0.0546. The van der Waals surface area contributed by atoms with Crippen LogP contribution in [0.3, 0.4) is 0 Å². The molecule has 0 aromatic carbocycles. The maximum absolute atomic E-state index is 12.7. The first kappa shape index (κ1) is 16.9. The van der Waals surface area contributed by atoms with Crippen molar-refractivity contribution in [1.29, 1.82) is 0 Å². The fourth-order valence-electron chi connectivity index (χ4n) is 1.95. The first-order valence-electron chi connectivity index (χ1n) is 6.92. The number of hydrogen-bond acceptors (Lipinski definition) is 4. The Balaban J connectivity index is 1.89. The summed E-state index contributed by atoms with van der Waals surface area (Å²) in [5.74, 6) is -0.180. The molecule has 5 nitrogen and oxygen atoms in total. The summed E-state index contributed by atoms with van der Waals surface area (Å²) in [7, 11) is 0. The lowest BCUT2D eigenvalue weighted by Gasteiger charge is -2.09. The summed E-state index contributed by atoms with van der Waals surface area (Å²) in [6.45, 7) is 1.64. The molecule has 2 heterocycles. The Morgan fingerprint density at radius 1 is 1.30 bits per heavy atom. The van der Waals surface area contributed by atoms with Gasteiger partial charge in [-0.2, -0.15) is 13.2 Å². The number of hydrogen-bond donors (Lipinski definition) is 1. The van der Waals surface area contributed by atoms with Gasteiger partial charge in [-0.15, -0.1) is 0 Å². The molecule has 0 aliphatic carbocycles. The third kappa shape index (κ3) is 5.32. The van der Waals surface area contributed by atoms with E-state index in [0.717, 1.165) is 11.6 Å². The molecule has 1 amide bonds. The van der Waals surface area contributed by atoms with Crippen LogP contribution < -0.4 is 5.32 Å². The molecule has 0 saturated carbocycles. The van der Waals surface area contributed by atoms with Gasteiger partial charge in [-0.1, -0.05) is 6.07 Å². The molecule has 0 aliphatic rings. The number of rotatable bonds is 5. The van der Waals surface area contributed by atoms with E-state index in [9.17, 15) is 18.0 Å². The summed E-state index contributed by atoms with van der Waals surface area (Å²) in [6.07, 6.45) is -1.03. The second-order valence-electron chi connectivity index (χ2n) is 4.95. The predicted octanol–water partition coefficient (Wildman–Crippen LogP) is 2.10. The number of pyridine rings is 1. The lowest BCUT2D eigenvalue weighted by Crippen LogP contribution is -2.28. The number of carbonyl (C=O) groups is 1. The highest BCUT2D eigenvalue weighted by atomic mass is 19.4. The second kappa shape index (κ2) is 7.17. The van der Waals surface area contributed by atoms with Crippen molar-refractivity contribution in [1.82, 2.24) is 20.3 Å². The van der Waals surface area contributed by atoms with E-state index in [4.69, 9.17) is 0 Å². The molecule has 1 N–H and O–H groups in total. The van der Waals surface area contributed by atoms with Crippen LogP contribution in [0.15, 0.2) is 30.6 Å². The minimum atomic E-state index is -4.51. The molecule has 0 saturated heterocycles. The van der Waals surface area contributed by atoms with E-state index in [-0.39, 0.29) is 36.8 Å². The van der Waals surface area contributed by atoms with Crippen LogP contribution in [-0.4, -0.2) is 27.4 Å². The smallest absolute Gasteiger partial charge is 0.355 e. The van der Waals surface area contributed by atoms with Crippen LogP contribution in [0, 0.1) is 6.92 Å². The fourth-order valence-corrected chi connectivity index (χ4v) is 1.95. The van der Waals surface area contributed by atoms with Gasteiger partial charge >= 0.3 is 6.18 Å². The number of nitrogens with zero attached hydrogens (tertiary/aromatic N) is 3. The number of amides is 1. The molecule has 0 fully saturated rings. The molecular formula is C15H15F3N4O. The second-order valence-corrected chi connectivity index (χ2v) is 4.95. The zero-order chi connectivity index (χ0) is 16.9. The standard InChI is InChI=1S/C15H15F3N4O/c1-10-7-12(15(16,17)18)22-13(21-10)4-6-20-14(23)8-11-3-2-5-19-9-11/h2-3,5,7,9H,4,6,8H2,1H3,(H,20,23). The molecular weight excluding hydrogens is 309 g/mol.